The van der Waals surface area contributed by atoms with Crippen LogP contribution in [0.4, 0.5) is 0 Å². The van der Waals surface area contributed by atoms with Crippen LogP contribution in [-0.2, 0) is 21.4 Å². The number of carbonyl (C=O) groups excluding carboxylic acids is 1. The number of nitrogens with one attached hydrogen (secondary N) is 1. The van der Waals surface area contributed by atoms with Crippen LogP contribution in [-0.4, -0.2) is 30.9 Å². The Morgan fingerprint density at radius 2 is 1.54 bits per heavy atom. The van der Waals surface area contributed by atoms with E-state index in [1.165, 1.54) is 22.9 Å². The van der Waals surface area contributed by atoms with E-state index in [-0.39, 0.29) is 18.0 Å². The number of hydrogen-bond acceptors (Lipinski definition) is 4. The Bertz CT molecular complexity index is 904. The molecule has 6 nitrogen and oxygen atoms in total. The van der Waals surface area contributed by atoms with E-state index in [1.807, 2.05) is 30.3 Å². The van der Waals surface area contributed by atoms with Crippen molar-refractivity contribution in [2.75, 3.05) is 6.54 Å². The van der Waals surface area contributed by atoms with Crippen molar-refractivity contribution in [3.63, 3.8) is 0 Å². The lowest BCUT2D eigenvalue weighted by Crippen LogP contribution is -2.39. The summed E-state index contributed by atoms with van der Waals surface area (Å²) in [4.78, 5) is 12.6. The van der Waals surface area contributed by atoms with Crippen LogP contribution in [0.25, 0.3) is 0 Å². The third-order valence-corrected chi connectivity index (χ3v) is 6.48. The molecule has 0 saturated heterocycles. The van der Waals surface area contributed by atoms with Crippen molar-refractivity contribution in [2.45, 2.75) is 43.5 Å². The SMILES string of the molecule is O=C(CN(Cc1ccccc1)S(=O)(=O)c1ccccc1)NN=C1CCCCC1. The Balaban J connectivity index is 1.77. The minimum absolute atomic E-state index is 0.113. The summed E-state index contributed by atoms with van der Waals surface area (Å²) in [6.45, 7) is -0.176. The number of sulfonamides is 1. The zero-order valence-electron chi connectivity index (χ0n) is 15.8. The molecule has 0 unspecified atom stereocenters. The molecule has 2 aromatic carbocycles. The normalized spacial score (nSPS) is 14.7. The van der Waals surface area contributed by atoms with Crippen LogP contribution in [0.1, 0.15) is 37.7 Å². The van der Waals surface area contributed by atoms with Gasteiger partial charge in [-0.25, -0.2) is 13.8 Å². The van der Waals surface area contributed by atoms with Crippen LogP contribution >= 0.6 is 0 Å². The molecule has 0 spiro atoms. The van der Waals surface area contributed by atoms with Gasteiger partial charge < -0.3 is 0 Å². The van der Waals surface area contributed by atoms with Crippen LogP contribution in [0, 0.1) is 0 Å². The predicted molar refractivity (Wildman–Crippen MR) is 109 cm³/mol. The van der Waals surface area contributed by atoms with Gasteiger partial charge >= 0.3 is 0 Å². The Morgan fingerprint density at radius 1 is 0.929 bits per heavy atom. The monoisotopic (exact) mass is 399 g/mol. The van der Waals surface area contributed by atoms with Gasteiger partial charge in [-0.05, 0) is 43.4 Å². The molecule has 0 bridgehead atoms. The molecule has 1 saturated carbocycles. The molecule has 0 atom stereocenters. The van der Waals surface area contributed by atoms with E-state index in [1.54, 1.807) is 18.2 Å². The maximum absolute atomic E-state index is 13.1. The number of carbonyl (C=O) groups is 1. The highest BCUT2D eigenvalue weighted by atomic mass is 32.2. The number of rotatable bonds is 7. The summed E-state index contributed by atoms with van der Waals surface area (Å²) in [5.41, 5.74) is 4.32. The molecular weight excluding hydrogens is 374 g/mol. The number of amides is 1. The molecule has 148 valence electrons. The van der Waals surface area contributed by atoms with E-state index in [0.29, 0.717) is 0 Å². The fourth-order valence-corrected chi connectivity index (χ4v) is 4.57. The molecule has 3 rings (SSSR count). The highest BCUT2D eigenvalue weighted by Gasteiger charge is 2.26. The van der Waals surface area contributed by atoms with Crippen molar-refractivity contribution in [2.24, 2.45) is 5.10 Å². The van der Waals surface area contributed by atoms with Crippen LogP contribution in [0.3, 0.4) is 0 Å². The number of benzene rings is 2. The molecule has 0 heterocycles. The van der Waals surface area contributed by atoms with E-state index in [0.717, 1.165) is 37.0 Å². The van der Waals surface area contributed by atoms with Crippen molar-refractivity contribution in [1.29, 1.82) is 0 Å². The molecule has 1 aliphatic rings. The molecule has 28 heavy (non-hydrogen) atoms. The Hall–Kier alpha value is -2.51. The Labute approximate surface area is 166 Å². The summed E-state index contributed by atoms with van der Waals surface area (Å²) in [7, 11) is -3.81. The molecular formula is C21H25N3O3S. The Morgan fingerprint density at radius 3 is 2.18 bits per heavy atom. The molecule has 0 radical (unpaired) electrons. The van der Waals surface area contributed by atoms with E-state index in [2.05, 4.69) is 10.5 Å². The molecule has 7 heteroatoms. The van der Waals surface area contributed by atoms with Gasteiger partial charge in [-0.2, -0.15) is 9.41 Å². The maximum Gasteiger partial charge on any atom is 0.255 e. The Kier molecular flexibility index (Phi) is 6.95. The minimum Gasteiger partial charge on any atom is -0.272 e. The summed E-state index contributed by atoms with van der Waals surface area (Å²) in [5.74, 6) is -0.437. The third kappa shape index (κ3) is 5.50. The molecule has 0 aromatic heterocycles. The second kappa shape index (κ2) is 9.61. The van der Waals surface area contributed by atoms with Gasteiger partial charge in [-0.3, -0.25) is 4.79 Å². The van der Waals surface area contributed by atoms with Crippen LogP contribution < -0.4 is 5.43 Å². The van der Waals surface area contributed by atoms with Gasteiger partial charge in [-0.1, -0.05) is 55.0 Å². The first kappa shape index (κ1) is 20.2. The van der Waals surface area contributed by atoms with Crippen LogP contribution in [0.5, 0.6) is 0 Å². The average Bonchev–Trinajstić information content (AvgIpc) is 2.74. The van der Waals surface area contributed by atoms with E-state index < -0.39 is 15.9 Å². The second-order valence-electron chi connectivity index (χ2n) is 6.85. The first-order chi connectivity index (χ1) is 13.6. The van der Waals surface area contributed by atoms with Crippen LogP contribution in [0.2, 0.25) is 0 Å². The first-order valence-electron chi connectivity index (χ1n) is 9.49. The molecule has 0 aliphatic heterocycles. The number of nitrogens with zero attached hydrogens (tertiary/aromatic N) is 2. The highest BCUT2D eigenvalue weighted by Crippen LogP contribution is 2.18. The van der Waals surface area contributed by atoms with Gasteiger partial charge in [0, 0.05) is 12.3 Å². The van der Waals surface area contributed by atoms with Gasteiger partial charge in [0.1, 0.15) is 0 Å². The first-order valence-corrected chi connectivity index (χ1v) is 10.9. The number of hydrogen-bond donors (Lipinski definition) is 1. The molecule has 2 aromatic rings. The van der Waals surface area contributed by atoms with E-state index >= 15 is 0 Å². The minimum atomic E-state index is -3.81. The van der Waals surface area contributed by atoms with Crippen LogP contribution in [0.15, 0.2) is 70.7 Å². The van der Waals surface area contributed by atoms with E-state index in [4.69, 9.17) is 0 Å². The molecule has 1 fully saturated rings. The van der Waals surface area contributed by atoms with Gasteiger partial charge in [0.15, 0.2) is 0 Å². The lowest BCUT2D eigenvalue weighted by Gasteiger charge is -2.21. The van der Waals surface area contributed by atoms with Crippen molar-refractivity contribution in [1.82, 2.24) is 9.73 Å². The summed E-state index contributed by atoms with van der Waals surface area (Å²) >= 11 is 0. The summed E-state index contributed by atoms with van der Waals surface area (Å²) < 4.78 is 27.4. The second-order valence-corrected chi connectivity index (χ2v) is 8.78. The lowest BCUT2D eigenvalue weighted by molar-refractivity contribution is -0.121. The topological polar surface area (TPSA) is 78.8 Å². The van der Waals surface area contributed by atoms with Crippen molar-refractivity contribution in [3.8, 4) is 0 Å². The molecule has 1 aliphatic carbocycles. The summed E-state index contributed by atoms with van der Waals surface area (Å²) in [6.07, 6.45) is 5.12. The fraction of sp³-hybridized carbons (Fsp3) is 0.333. The van der Waals surface area contributed by atoms with Gasteiger partial charge in [-0.15, -0.1) is 0 Å². The quantitative estimate of drug-likeness (QED) is 0.726. The fourth-order valence-electron chi connectivity index (χ4n) is 3.16. The summed E-state index contributed by atoms with van der Waals surface area (Å²) in [5, 5.41) is 4.19. The zero-order valence-corrected chi connectivity index (χ0v) is 16.6. The van der Waals surface area contributed by atoms with Crippen molar-refractivity contribution >= 4 is 21.6 Å². The van der Waals surface area contributed by atoms with Crippen molar-refractivity contribution < 1.29 is 13.2 Å². The van der Waals surface area contributed by atoms with Gasteiger partial charge in [0.25, 0.3) is 5.91 Å². The average molecular weight is 400 g/mol. The lowest BCUT2D eigenvalue weighted by atomic mass is 9.99. The largest absolute Gasteiger partial charge is 0.272 e. The van der Waals surface area contributed by atoms with Crippen molar-refractivity contribution in [3.05, 3.63) is 66.2 Å². The smallest absolute Gasteiger partial charge is 0.255 e. The van der Waals surface area contributed by atoms with Gasteiger partial charge in [0.05, 0.1) is 11.4 Å². The number of hydrazone groups is 1. The molecule has 1 N–H and O–H groups in total. The van der Waals surface area contributed by atoms with Gasteiger partial charge in [0.2, 0.25) is 10.0 Å². The standard InChI is InChI=1S/C21H25N3O3S/c25-21(23-22-19-12-6-2-7-13-19)17-24(16-18-10-4-1-5-11-18)28(26,27)20-14-8-3-9-15-20/h1,3-5,8-11,14-15H,2,6-7,12-13,16-17H2,(H,23,25). The molecule has 1 amide bonds. The zero-order chi connectivity index (χ0) is 19.8. The predicted octanol–water partition coefficient (Wildman–Crippen LogP) is 3.31. The maximum atomic E-state index is 13.1. The highest BCUT2D eigenvalue weighted by molar-refractivity contribution is 7.89. The van der Waals surface area contributed by atoms with E-state index in [9.17, 15) is 13.2 Å². The third-order valence-electron chi connectivity index (χ3n) is 4.67. The summed E-state index contributed by atoms with van der Waals surface area (Å²) in [6, 6.07) is 17.4.